The Labute approximate surface area is 186 Å². The number of methoxy groups -OCH3 is 1. The lowest BCUT2D eigenvalue weighted by molar-refractivity contribution is -0.123. The number of benzene rings is 2. The van der Waals surface area contributed by atoms with E-state index in [0.717, 1.165) is 0 Å². The van der Waals surface area contributed by atoms with E-state index in [1.54, 1.807) is 36.4 Å². The van der Waals surface area contributed by atoms with Crippen LogP contribution in [0.25, 0.3) is 0 Å². The summed E-state index contributed by atoms with van der Waals surface area (Å²) in [7, 11) is 1.45. The van der Waals surface area contributed by atoms with Crippen LogP contribution in [0.15, 0.2) is 54.2 Å². The molecule has 1 unspecified atom stereocenters. The summed E-state index contributed by atoms with van der Waals surface area (Å²) in [4.78, 5) is 25.1. The van der Waals surface area contributed by atoms with Crippen LogP contribution in [0.2, 0.25) is 5.02 Å². The van der Waals surface area contributed by atoms with E-state index in [-0.39, 0.29) is 11.7 Å². The number of halogens is 1. The van der Waals surface area contributed by atoms with Gasteiger partial charge in [0.2, 0.25) is 0 Å². The molecule has 0 heterocycles. The lowest BCUT2D eigenvalue weighted by atomic mass is 10.0. The highest BCUT2D eigenvalue weighted by atomic mass is 35.5. The highest BCUT2D eigenvalue weighted by molar-refractivity contribution is 6.31. The number of aromatic hydroxyl groups is 1. The minimum atomic E-state index is -0.797. The molecule has 0 aromatic heterocycles. The molecule has 2 amide bonds. The molecule has 3 N–H and O–H groups in total. The third kappa shape index (κ3) is 6.58. The van der Waals surface area contributed by atoms with Gasteiger partial charge in [0.1, 0.15) is 6.04 Å². The predicted octanol–water partition coefficient (Wildman–Crippen LogP) is 3.69. The van der Waals surface area contributed by atoms with Gasteiger partial charge in [0.15, 0.2) is 11.5 Å². The van der Waals surface area contributed by atoms with Gasteiger partial charge in [-0.1, -0.05) is 37.6 Å². The summed E-state index contributed by atoms with van der Waals surface area (Å²) in [5.74, 6) is -0.712. The van der Waals surface area contributed by atoms with Crippen molar-refractivity contribution in [2.24, 2.45) is 11.0 Å². The van der Waals surface area contributed by atoms with Crippen molar-refractivity contribution in [1.29, 1.82) is 0 Å². The first-order chi connectivity index (χ1) is 14.8. The Balaban J connectivity index is 2.11. The molecule has 31 heavy (non-hydrogen) atoms. The third-order valence-electron chi connectivity index (χ3n) is 4.47. The number of allylic oxidation sites excluding steroid dienone is 1. The molecule has 0 aliphatic carbocycles. The molecule has 2 aromatic carbocycles. The van der Waals surface area contributed by atoms with E-state index < -0.39 is 17.9 Å². The first-order valence-corrected chi connectivity index (χ1v) is 10.0. The Morgan fingerprint density at radius 3 is 2.65 bits per heavy atom. The number of ether oxygens (including phenoxy) is 1. The molecular formula is C23H26ClN3O4. The van der Waals surface area contributed by atoms with Crippen LogP contribution in [0.3, 0.4) is 0 Å². The fraction of sp³-hybridized carbons (Fsp3) is 0.261. The second-order valence-electron chi connectivity index (χ2n) is 7.16. The van der Waals surface area contributed by atoms with Gasteiger partial charge in [0, 0.05) is 16.1 Å². The van der Waals surface area contributed by atoms with Gasteiger partial charge in [-0.3, -0.25) is 9.59 Å². The number of rotatable bonds is 9. The fourth-order valence-corrected chi connectivity index (χ4v) is 3.05. The maximum Gasteiger partial charge on any atom is 0.262 e. The molecule has 2 rings (SSSR count). The molecule has 2 aromatic rings. The summed E-state index contributed by atoms with van der Waals surface area (Å²) in [6.45, 7) is 7.31. The van der Waals surface area contributed by atoms with Gasteiger partial charge in [0.25, 0.3) is 11.8 Å². The summed E-state index contributed by atoms with van der Waals surface area (Å²) in [5.41, 5.74) is 4.05. The van der Waals surface area contributed by atoms with Gasteiger partial charge in [-0.25, -0.2) is 5.43 Å². The maximum atomic E-state index is 12.6. The van der Waals surface area contributed by atoms with E-state index in [1.165, 1.54) is 19.4 Å². The highest BCUT2D eigenvalue weighted by Crippen LogP contribution is 2.31. The predicted molar refractivity (Wildman–Crippen MR) is 122 cm³/mol. The lowest BCUT2D eigenvalue weighted by Gasteiger charge is -2.20. The van der Waals surface area contributed by atoms with Crippen LogP contribution < -0.4 is 15.5 Å². The van der Waals surface area contributed by atoms with E-state index in [0.29, 0.717) is 33.9 Å². The van der Waals surface area contributed by atoms with Crippen LogP contribution in [-0.4, -0.2) is 36.3 Å². The van der Waals surface area contributed by atoms with Crippen molar-refractivity contribution in [2.45, 2.75) is 26.3 Å². The van der Waals surface area contributed by atoms with Crippen molar-refractivity contribution in [3.8, 4) is 11.5 Å². The van der Waals surface area contributed by atoms with Crippen LogP contribution in [0.1, 0.15) is 35.3 Å². The molecule has 8 heteroatoms. The molecule has 0 saturated carbocycles. The SMILES string of the molecule is C=CCc1cc(C=NNC(=O)C(NC(=O)c2cccc(Cl)c2)C(C)C)cc(OC)c1O. The van der Waals surface area contributed by atoms with Gasteiger partial charge in [-0.15, -0.1) is 6.58 Å². The summed E-state index contributed by atoms with van der Waals surface area (Å²) < 4.78 is 5.17. The number of carbonyl (C=O) groups excluding carboxylic acids is 2. The molecule has 1 atom stereocenters. The zero-order valence-electron chi connectivity index (χ0n) is 17.7. The van der Waals surface area contributed by atoms with E-state index in [1.807, 2.05) is 13.8 Å². The third-order valence-corrected chi connectivity index (χ3v) is 4.71. The number of nitrogens with zero attached hydrogens (tertiary/aromatic N) is 1. The van der Waals surface area contributed by atoms with Crippen molar-refractivity contribution in [1.82, 2.24) is 10.7 Å². The Morgan fingerprint density at radius 2 is 2.03 bits per heavy atom. The van der Waals surface area contributed by atoms with E-state index in [9.17, 15) is 14.7 Å². The second-order valence-corrected chi connectivity index (χ2v) is 7.60. The van der Waals surface area contributed by atoms with Crippen molar-refractivity contribution in [3.63, 3.8) is 0 Å². The van der Waals surface area contributed by atoms with Gasteiger partial charge >= 0.3 is 0 Å². The molecule has 0 bridgehead atoms. The minimum Gasteiger partial charge on any atom is -0.504 e. The van der Waals surface area contributed by atoms with Crippen LogP contribution in [0, 0.1) is 5.92 Å². The lowest BCUT2D eigenvalue weighted by Crippen LogP contribution is -2.48. The number of hydrogen-bond donors (Lipinski definition) is 3. The Hall–Kier alpha value is -3.32. The molecule has 0 aliphatic heterocycles. The number of nitrogens with one attached hydrogen (secondary N) is 2. The standard InChI is InChI=1S/C23H26ClN3O4/c1-5-7-16-10-15(11-19(31-4)21(16)28)13-25-27-23(30)20(14(2)3)26-22(29)17-8-6-9-18(24)12-17/h5-6,8-14,20,28H,1,7H2,2-4H3,(H,26,29)(H,27,30). The minimum absolute atomic E-state index is 0.0344. The van der Waals surface area contributed by atoms with Gasteiger partial charge in [0.05, 0.1) is 13.3 Å². The Morgan fingerprint density at radius 1 is 1.29 bits per heavy atom. The van der Waals surface area contributed by atoms with E-state index >= 15 is 0 Å². The number of phenols is 1. The number of hydrogen-bond acceptors (Lipinski definition) is 5. The first kappa shape index (κ1) is 24.0. The zero-order valence-corrected chi connectivity index (χ0v) is 18.4. The van der Waals surface area contributed by atoms with Crippen LogP contribution in [-0.2, 0) is 11.2 Å². The zero-order chi connectivity index (χ0) is 23.0. The average Bonchev–Trinajstić information content (AvgIpc) is 2.73. The highest BCUT2D eigenvalue weighted by Gasteiger charge is 2.24. The summed E-state index contributed by atoms with van der Waals surface area (Å²) in [6, 6.07) is 9.00. The van der Waals surface area contributed by atoms with Crippen molar-refractivity contribution < 1.29 is 19.4 Å². The number of hydrazone groups is 1. The second kappa shape index (κ2) is 11.2. The summed E-state index contributed by atoms with van der Waals surface area (Å²) in [6.07, 6.45) is 3.54. The monoisotopic (exact) mass is 443 g/mol. The van der Waals surface area contributed by atoms with Crippen molar-refractivity contribution in [2.75, 3.05) is 7.11 Å². The largest absolute Gasteiger partial charge is 0.504 e. The van der Waals surface area contributed by atoms with Crippen molar-refractivity contribution in [3.05, 3.63) is 70.8 Å². The van der Waals surface area contributed by atoms with Gasteiger partial charge in [-0.2, -0.15) is 5.10 Å². The average molecular weight is 444 g/mol. The van der Waals surface area contributed by atoms with E-state index in [4.69, 9.17) is 16.3 Å². The topological polar surface area (TPSA) is 100 Å². The quantitative estimate of drug-likeness (QED) is 0.312. The van der Waals surface area contributed by atoms with Crippen LogP contribution >= 0.6 is 11.6 Å². The van der Waals surface area contributed by atoms with Crippen LogP contribution in [0.4, 0.5) is 0 Å². The smallest absolute Gasteiger partial charge is 0.262 e. The molecule has 7 nitrogen and oxygen atoms in total. The summed E-state index contributed by atoms with van der Waals surface area (Å²) in [5, 5.41) is 17.3. The normalized spacial score (nSPS) is 11.9. The molecule has 0 spiro atoms. The van der Waals surface area contributed by atoms with Gasteiger partial charge in [-0.05, 0) is 48.2 Å². The number of amides is 2. The Bertz CT molecular complexity index is 989. The summed E-state index contributed by atoms with van der Waals surface area (Å²) >= 11 is 5.93. The number of phenolic OH excluding ortho intramolecular Hbond substituents is 1. The maximum absolute atomic E-state index is 12.6. The van der Waals surface area contributed by atoms with Gasteiger partial charge < -0.3 is 15.2 Å². The molecule has 164 valence electrons. The molecular weight excluding hydrogens is 418 g/mol. The fourth-order valence-electron chi connectivity index (χ4n) is 2.86. The molecule has 0 fully saturated rings. The number of carbonyl (C=O) groups is 2. The molecule has 0 saturated heterocycles. The van der Waals surface area contributed by atoms with E-state index in [2.05, 4.69) is 22.4 Å². The molecule has 0 radical (unpaired) electrons. The first-order valence-electron chi connectivity index (χ1n) is 9.67. The Kier molecular flexibility index (Phi) is 8.63. The molecule has 0 aliphatic rings. The van der Waals surface area contributed by atoms with Crippen molar-refractivity contribution >= 4 is 29.6 Å². The van der Waals surface area contributed by atoms with Crippen LogP contribution in [0.5, 0.6) is 11.5 Å².